The molecule has 2 aliphatic heterocycles. The van der Waals surface area contributed by atoms with Gasteiger partial charge in [0.15, 0.2) is 0 Å². The molecule has 3 aromatic heterocycles. The molecule has 0 saturated heterocycles. The second kappa shape index (κ2) is 14.7. The number of rotatable bonds is 12. The number of carboxylic acid groups (broad SMARTS) is 4. The Morgan fingerprint density at radius 2 is 1.60 bits per heavy atom. The number of hydrogen-bond donors (Lipinski definition) is 7. The van der Waals surface area contributed by atoms with Gasteiger partial charge in [-0.15, -0.1) is 0 Å². The summed E-state index contributed by atoms with van der Waals surface area (Å²) in [5.74, 6) is -7.27. The first-order valence-corrected chi connectivity index (χ1v) is 16.8. The van der Waals surface area contributed by atoms with Gasteiger partial charge in [-0.2, -0.15) is 0 Å². The van der Waals surface area contributed by atoms with Crippen LogP contribution in [0.3, 0.4) is 0 Å². The Bertz CT molecular complexity index is 2240. The van der Waals surface area contributed by atoms with Gasteiger partial charge >= 0.3 is 23.9 Å². The predicted molar refractivity (Wildman–Crippen MR) is 193 cm³/mol. The standard InChI is InChI=1S/C38H41N5O9/c1-7-20-16(3)24-12-26-18(5)22(9-10-32(45)46)35(42-26)23(11-31(44)41-30(37(49)50)15-33(47)48)36-34(38(51)52)19(6)27(43-36)14-29-21(8-2)17(4)25(40-29)13-28(20)39-24/h7,12-14,18,22,30,40,43H,1,8-11,15H2,2-6H3,(H,41,44)(H,45,46)(H,47,48)(H,49,50)(H,51,52). The largest absolute Gasteiger partial charge is 0.481 e. The van der Waals surface area contributed by atoms with E-state index in [1.165, 1.54) is 0 Å². The van der Waals surface area contributed by atoms with Gasteiger partial charge in [-0.05, 0) is 74.1 Å². The zero-order valence-electron chi connectivity index (χ0n) is 29.5. The molecule has 0 aliphatic carbocycles. The van der Waals surface area contributed by atoms with Crippen LogP contribution in [0, 0.1) is 13.8 Å². The minimum absolute atomic E-state index is 0.0445. The molecule has 5 heterocycles. The van der Waals surface area contributed by atoms with Crippen LogP contribution in [-0.4, -0.2) is 76.2 Å². The number of carboxylic acids is 4. The molecule has 0 fully saturated rings. The van der Waals surface area contributed by atoms with Crippen molar-refractivity contribution in [1.29, 1.82) is 0 Å². The van der Waals surface area contributed by atoms with Crippen molar-refractivity contribution in [3.63, 3.8) is 0 Å². The number of amides is 1. The van der Waals surface area contributed by atoms with Crippen molar-refractivity contribution < 1.29 is 44.4 Å². The molecule has 0 radical (unpaired) electrons. The van der Waals surface area contributed by atoms with Crippen LogP contribution in [0.4, 0.5) is 0 Å². The zero-order valence-corrected chi connectivity index (χ0v) is 29.5. The number of aliphatic carboxylic acids is 3. The van der Waals surface area contributed by atoms with Crippen LogP contribution in [0.1, 0.15) is 107 Å². The number of carbonyl (C=O) groups excluding carboxylic acids is 1. The number of hydrogen-bond acceptors (Lipinski definition) is 7. The third-order valence-electron chi connectivity index (χ3n) is 9.97. The summed E-state index contributed by atoms with van der Waals surface area (Å²) in [6.45, 7) is 13.4. The molecule has 0 aromatic carbocycles. The first kappa shape index (κ1) is 37.2. The number of aromatic amines is 2. The maximum Gasteiger partial charge on any atom is 0.338 e. The Morgan fingerprint density at radius 3 is 2.19 bits per heavy atom. The lowest BCUT2D eigenvalue weighted by Crippen LogP contribution is -2.43. The summed E-state index contributed by atoms with van der Waals surface area (Å²) in [7, 11) is 0. The smallest absolute Gasteiger partial charge is 0.338 e. The van der Waals surface area contributed by atoms with Gasteiger partial charge in [-0.25, -0.2) is 14.6 Å². The lowest BCUT2D eigenvalue weighted by molar-refractivity contribution is -0.147. The third-order valence-corrected chi connectivity index (χ3v) is 9.97. The number of fused-ring (bicyclic) bond motifs is 8. The molecule has 7 N–H and O–H groups in total. The first-order chi connectivity index (χ1) is 24.6. The number of nitrogens with one attached hydrogen (secondary N) is 3. The molecule has 14 nitrogen and oxygen atoms in total. The zero-order chi connectivity index (χ0) is 38.2. The fourth-order valence-electron chi connectivity index (χ4n) is 7.16. The summed E-state index contributed by atoms with van der Waals surface area (Å²) >= 11 is 0. The van der Waals surface area contributed by atoms with Crippen LogP contribution < -0.4 is 5.32 Å². The molecule has 0 saturated carbocycles. The van der Waals surface area contributed by atoms with Crippen molar-refractivity contribution in [3.05, 3.63) is 81.4 Å². The van der Waals surface area contributed by atoms with Gasteiger partial charge in [-0.1, -0.05) is 26.5 Å². The molecule has 3 unspecified atom stereocenters. The minimum atomic E-state index is -1.76. The average Bonchev–Trinajstić information content (AvgIpc) is 3.74. The van der Waals surface area contributed by atoms with Crippen molar-refractivity contribution in [2.45, 2.75) is 84.6 Å². The van der Waals surface area contributed by atoms with Crippen molar-refractivity contribution in [3.8, 4) is 0 Å². The summed E-state index contributed by atoms with van der Waals surface area (Å²) in [4.78, 5) is 78.3. The number of aryl methyl sites for hydroxylation is 3. The first-order valence-electron chi connectivity index (χ1n) is 16.8. The van der Waals surface area contributed by atoms with Gasteiger partial charge in [-0.3, -0.25) is 19.4 Å². The average molecular weight is 712 g/mol. The Balaban J connectivity index is 1.96. The molecule has 52 heavy (non-hydrogen) atoms. The van der Waals surface area contributed by atoms with Gasteiger partial charge in [0.25, 0.3) is 0 Å². The summed E-state index contributed by atoms with van der Waals surface area (Å²) in [6.07, 6.45) is 0.734. The summed E-state index contributed by atoms with van der Waals surface area (Å²) in [6, 6.07) is 3.77. The number of allylic oxidation sites excluding steroid dienone is 3. The lowest BCUT2D eigenvalue weighted by atomic mass is 9.85. The topological polar surface area (TPSA) is 236 Å². The van der Waals surface area contributed by atoms with Crippen LogP contribution in [-0.2, 0) is 32.0 Å². The van der Waals surface area contributed by atoms with E-state index >= 15 is 0 Å². The molecule has 0 spiro atoms. The predicted octanol–water partition coefficient (Wildman–Crippen LogP) is 5.65. The lowest BCUT2D eigenvalue weighted by Gasteiger charge is -2.18. The summed E-state index contributed by atoms with van der Waals surface area (Å²) < 4.78 is 0. The van der Waals surface area contributed by atoms with E-state index in [0.29, 0.717) is 34.6 Å². The molecule has 14 heteroatoms. The second-order valence-electron chi connectivity index (χ2n) is 13.1. The Kier molecular flexibility index (Phi) is 10.5. The number of carbonyl (C=O) groups is 5. The van der Waals surface area contributed by atoms with Gasteiger partial charge < -0.3 is 35.7 Å². The van der Waals surface area contributed by atoms with Crippen LogP contribution in [0.15, 0.2) is 30.9 Å². The van der Waals surface area contributed by atoms with E-state index in [1.54, 1.807) is 25.1 Å². The number of aromatic nitrogens is 4. The number of aromatic carboxylic acids is 1. The summed E-state index contributed by atoms with van der Waals surface area (Å²) in [5, 5.41) is 41.4. The molecular formula is C38H41N5O9. The highest BCUT2D eigenvalue weighted by Crippen LogP contribution is 2.43. The molecule has 3 aromatic rings. The van der Waals surface area contributed by atoms with Crippen LogP contribution >= 0.6 is 0 Å². The monoisotopic (exact) mass is 711 g/mol. The number of H-pyrrole nitrogens is 2. The molecule has 272 valence electrons. The maximum atomic E-state index is 13.6. The molecule has 8 bridgehead atoms. The SMILES string of the molecule is C=CC1=C(C)c2cc3nc(c(CC(=O)NC(CC(=O)O)C(=O)O)c4[nH]c(cc5[nH]c(cc1n2)c(C)c5CC)c(C)c4C(=O)O)C(CCC(=O)O)C3C. The van der Waals surface area contributed by atoms with E-state index in [1.807, 2.05) is 33.8 Å². The maximum absolute atomic E-state index is 13.6. The molecule has 3 atom stereocenters. The third kappa shape index (κ3) is 7.09. The van der Waals surface area contributed by atoms with Gasteiger partial charge in [0.1, 0.15) is 6.04 Å². The normalized spacial score (nSPS) is 16.0. The van der Waals surface area contributed by atoms with Crippen LogP contribution in [0.25, 0.3) is 33.2 Å². The quantitative estimate of drug-likeness (QED) is 0.121. The fraction of sp³-hybridized carbons (Fsp3) is 0.342. The van der Waals surface area contributed by atoms with E-state index in [2.05, 4.69) is 21.9 Å². The fourth-order valence-corrected chi connectivity index (χ4v) is 7.16. The van der Waals surface area contributed by atoms with Crippen LogP contribution in [0.5, 0.6) is 0 Å². The van der Waals surface area contributed by atoms with Crippen molar-refractivity contribution in [2.75, 3.05) is 0 Å². The Morgan fingerprint density at radius 1 is 0.904 bits per heavy atom. The summed E-state index contributed by atoms with van der Waals surface area (Å²) in [5.41, 5.74) is 8.00. The highest BCUT2D eigenvalue weighted by molar-refractivity contribution is 6.03. The van der Waals surface area contributed by atoms with E-state index in [9.17, 15) is 44.4 Å². The molecule has 1 amide bonds. The Hall–Kier alpha value is -6.05. The minimum Gasteiger partial charge on any atom is -0.481 e. The van der Waals surface area contributed by atoms with Crippen molar-refractivity contribution >= 4 is 63.0 Å². The van der Waals surface area contributed by atoms with Gasteiger partial charge in [0.2, 0.25) is 5.91 Å². The van der Waals surface area contributed by atoms with Crippen molar-refractivity contribution in [2.24, 2.45) is 0 Å². The Labute approximate surface area is 298 Å². The van der Waals surface area contributed by atoms with E-state index in [0.717, 1.165) is 33.3 Å². The second-order valence-corrected chi connectivity index (χ2v) is 13.1. The van der Waals surface area contributed by atoms with E-state index < -0.39 is 60.5 Å². The van der Waals surface area contributed by atoms with Gasteiger partial charge in [0.05, 0.1) is 41.0 Å². The highest BCUT2D eigenvalue weighted by Gasteiger charge is 2.34. The van der Waals surface area contributed by atoms with E-state index in [4.69, 9.17) is 9.97 Å². The van der Waals surface area contributed by atoms with Gasteiger partial charge in [0, 0.05) is 51.6 Å². The number of nitrogens with zero attached hydrogens (tertiary/aromatic N) is 2. The van der Waals surface area contributed by atoms with E-state index in [-0.39, 0.29) is 35.2 Å². The highest BCUT2D eigenvalue weighted by atomic mass is 16.4. The van der Waals surface area contributed by atoms with Crippen molar-refractivity contribution in [1.82, 2.24) is 25.3 Å². The molecule has 2 aliphatic rings. The molecular weight excluding hydrogens is 670 g/mol. The molecule has 5 rings (SSSR count). The van der Waals surface area contributed by atoms with Crippen LogP contribution in [0.2, 0.25) is 0 Å².